The number of nitrogens with one attached hydrogen (secondary N) is 1. The Labute approximate surface area is 123 Å². The molecule has 2 aromatic heterocycles. The SMILES string of the molecule is CC(C)NCC1CCCc2sc(-c3ncccn3)nc21. The van der Waals surface area contributed by atoms with Gasteiger partial charge in [-0.25, -0.2) is 15.0 Å². The third-order valence-electron chi connectivity index (χ3n) is 3.60. The van der Waals surface area contributed by atoms with Crippen LogP contribution in [-0.2, 0) is 6.42 Å². The molecule has 1 atom stereocenters. The molecule has 3 rings (SSSR count). The third kappa shape index (κ3) is 2.88. The van der Waals surface area contributed by atoms with E-state index in [1.54, 1.807) is 23.7 Å². The molecule has 5 heteroatoms. The zero-order valence-electron chi connectivity index (χ0n) is 12.0. The normalized spacial score (nSPS) is 18.2. The van der Waals surface area contributed by atoms with Crippen molar-refractivity contribution in [3.63, 3.8) is 0 Å². The average Bonchev–Trinajstić information content (AvgIpc) is 2.90. The highest BCUT2D eigenvalue weighted by Crippen LogP contribution is 2.37. The first-order valence-electron chi connectivity index (χ1n) is 7.24. The first-order chi connectivity index (χ1) is 9.74. The summed E-state index contributed by atoms with van der Waals surface area (Å²) in [4.78, 5) is 14.9. The average molecular weight is 288 g/mol. The molecule has 4 nitrogen and oxygen atoms in total. The molecule has 1 aliphatic carbocycles. The number of aromatic nitrogens is 3. The van der Waals surface area contributed by atoms with Gasteiger partial charge in [-0.05, 0) is 25.3 Å². The molecule has 0 amide bonds. The molecule has 2 aromatic rings. The van der Waals surface area contributed by atoms with Crippen LogP contribution >= 0.6 is 11.3 Å². The van der Waals surface area contributed by atoms with E-state index in [-0.39, 0.29) is 0 Å². The molecular weight excluding hydrogens is 268 g/mol. The van der Waals surface area contributed by atoms with Crippen molar-refractivity contribution in [3.05, 3.63) is 29.0 Å². The molecule has 1 aliphatic rings. The Kier molecular flexibility index (Phi) is 4.08. The summed E-state index contributed by atoms with van der Waals surface area (Å²) in [5.74, 6) is 1.29. The summed E-state index contributed by atoms with van der Waals surface area (Å²) in [7, 11) is 0. The molecule has 0 saturated heterocycles. The molecule has 1 unspecified atom stereocenters. The summed E-state index contributed by atoms with van der Waals surface area (Å²) in [6.07, 6.45) is 7.19. The highest BCUT2D eigenvalue weighted by Gasteiger charge is 2.25. The predicted octanol–water partition coefficient (Wildman–Crippen LogP) is 3.02. The highest BCUT2D eigenvalue weighted by atomic mass is 32.1. The maximum absolute atomic E-state index is 4.83. The van der Waals surface area contributed by atoms with E-state index in [4.69, 9.17) is 4.98 Å². The summed E-state index contributed by atoms with van der Waals surface area (Å²) < 4.78 is 0. The van der Waals surface area contributed by atoms with Gasteiger partial charge in [0.25, 0.3) is 0 Å². The summed E-state index contributed by atoms with van der Waals surface area (Å²) in [6.45, 7) is 5.39. The van der Waals surface area contributed by atoms with Crippen LogP contribution in [-0.4, -0.2) is 27.5 Å². The fourth-order valence-corrected chi connectivity index (χ4v) is 3.73. The van der Waals surface area contributed by atoms with Crippen molar-refractivity contribution >= 4 is 11.3 Å². The molecular formula is C15H20N4S. The van der Waals surface area contributed by atoms with Gasteiger partial charge in [-0.3, -0.25) is 0 Å². The van der Waals surface area contributed by atoms with Gasteiger partial charge >= 0.3 is 0 Å². The van der Waals surface area contributed by atoms with Crippen molar-refractivity contribution in [1.29, 1.82) is 0 Å². The molecule has 106 valence electrons. The van der Waals surface area contributed by atoms with Gasteiger partial charge in [0, 0.05) is 35.8 Å². The zero-order valence-corrected chi connectivity index (χ0v) is 12.8. The number of hydrogen-bond acceptors (Lipinski definition) is 5. The molecule has 0 fully saturated rings. The Morgan fingerprint density at radius 1 is 1.35 bits per heavy atom. The largest absolute Gasteiger partial charge is 0.314 e. The first-order valence-corrected chi connectivity index (χ1v) is 8.06. The van der Waals surface area contributed by atoms with Crippen molar-refractivity contribution in [3.8, 4) is 10.8 Å². The van der Waals surface area contributed by atoms with Crippen LogP contribution in [0.5, 0.6) is 0 Å². The van der Waals surface area contributed by atoms with Gasteiger partial charge in [0.1, 0.15) is 0 Å². The van der Waals surface area contributed by atoms with Gasteiger partial charge < -0.3 is 5.32 Å². The summed E-state index contributed by atoms with van der Waals surface area (Å²) >= 11 is 1.76. The van der Waals surface area contributed by atoms with Crippen LogP contribution in [0.2, 0.25) is 0 Å². The van der Waals surface area contributed by atoms with E-state index >= 15 is 0 Å². The number of hydrogen-bond donors (Lipinski definition) is 1. The Balaban J connectivity index is 1.85. The number of rotatable bonds is 4. The van der Waals surface area contributed by atoms with Gasteiger partial charge in [0.15, 0.2) is 10.8 Å². The zero-order chi connectivity index (χ0) is 13.9. The maximum Gasteiger partial charge on any atom is 0.188 e. The molecule has 0 bridgehead atoms. The lowest BCUT2D eigenvalue weighted by molar-refractivity contribution is 0.475. The number of thiazole rings is 1. The smallest absolute Gasteiger partial charge is 0.188 e. The molecule has 2 heterocycles. The molecule has 0 saturated carbocycles. The van der Waals surface area contributed by atoms with Crippen LogP contribution in [0.1, 0.15) is 43.2 Å². The van der Waals surface area contributed by atoms with E-state index in [0.29, 0.717) is 12.0 Å². The van der Waals surface area contributed by atoms with Gasteiger partial charge in [-0.2, -0.15) is 0 Å². The molecule has 0 aliphatic heterocycles. The topological polar surface area (TPSA) is 50.7 Å². The van der Waals surface area contributed by atoms with Crippen molar-refractivity contribution in [2.45, 2.75) is 45.1 Å². The van der Waals surface area contributed by atoms with Gasteiger partial charge in [-0.15, -0.1) is 11.3 Å². The van der Waals surface area contributed by atoms with E-state index < -0.39 is 0 Å². The number of fused-ring (bicyclic) bond motifs is 1. The van der Waals surface area contributed by atoms with Crippen molar-refractivity contribution in [2.24, 2.45) is 0 Å². The van der Waals surface area contributed by atoms with Gasteiger partial charge in [-0.1, -0.05) is 13.8 Å². The molecule has 0 spiro atoms. The fraction of sp³-hybridized carbons (Fsp3) is 0.533. The standard InChI is InChI=1S/C15H20N4S/c1-10(2)18-9-11-5-3-6-12-13(11)19-15(20-12)14-16-7-4-8-17-14/h4,7-8,10-11,18H,3,5-6,9H2,1-2H3. The van der Waals surface area contributed by atoms with Crippen LogP contribution in [0.15, 0.2) is 18.5 Å². The Bertz CT molecular complexity index is 565. The lowest BCUT2D eigenvalue weighted by Crippen LogP contribution is -2.29. The minimum Gasteiger partial charge on any atom is -0.314 e. The lowest BCUT2D eigenvalue weighted by Gasteiger charge is -2.22. The van der Waals surface area contributed by atoms with Crippen molar-refractivity contribution in [2.75, 3.05) is 6.54 Å². The van der Waals surface area contributed by atoms with Crippen LogP contribution in [0, 0.1) is 0 Å². The third-order valence-corrected chi connectivity index (χ3v) is 4.73. The van der Waals surface area contributed by atoms with E-state index in [1.807, 2.05) is 6.07 Å². The minimum absolute atomic E-state index is 0.524. The summed E-state index contributed by atoms with van der Waals surface area (Å²) in [5.41, 5.74) is 1.27. The summed E-state index contributed by atoms with van der Waals surface area (Å²) in [5, 5.41) is 4.50. The van der Waals surface area contributed by atoms with E-state index in [9.17, 15) is 0 Å². The number of aryl methyl sites for hydroxylation is 1. The Morgan fingerprint density at radius 2 is 2.15 bits per heavy atom. The van der Waals surface area contributed by atoms with Crippen LogP contribution in [0.4, 0.5) is 0 Å². The fourth-order valence-electron chi connectivity index (χ4n) is 2.59. The summed E-state index contributed by atoms with van der Waals surface area (Å²) in [6, 6.07) is 2.36. The molecule has 0 radical (unpaired) electrons. The second-order valence-corrected chi connectivity index (χ2v) is 6.64. The van der Waals surface area contributed by atoms with Crippen LogP contribution in [0.3, 0.4) is 0 Å². The monoisotopic (exact) mass is 288 g/mol. The molecule has 20 heavy (non-hydrogen) atoms. The molecule has 0 aromatic carbocycles. The lowest BCUT2D eigenvalue weighted by atomic mass is 9.91. The van der Waals surface area contributed by atoms with Gasteiger partial charge in [0.2, 0.25) is 0 Å². The number of nitrogens with zero attached hydrogens (tertiary/aromatic N) is 3. The Morgan fingerprint density at radius 3 is 2.90 bits per heavy atom. The maximum atomic E-state index is 4.83. The quantitative estimate of drug-likeness (QED) is 0.939. The predicted molar refractivity (Wildman–Crippen MR) is 82.0 cm³/mol. The highest BCUT2D eigenvalue weighted by molar-refractivity contribution is 7.15. The minimum atomic E-state index is 0.524. The Hall–Kier alpha value is -1.33. The van der Waals surface area contributed by atoms with Crippen molar-refractivity contribution < 1.29 is 0 Å². The van der Waals surface area contributed by atoms with E-state index in [0.717, 1.165) is 23.8 Å². The van der Waals surface area contributed by atoms with Crippen molar-refractivity contribution in [1.82, 2.24) is 20.3 Å². The second-order valence-electron chi connectivity index (χ2n) is 5.55. The van der Waals surface area contributed by atoms with Gasteiger partial charge in [0.05, 0.1) is 5.69 Å². The second kappa shape index (κ2) is 5.97. The first kappa shape index (κ1) is 13.6. The van der Waals surface area contributed by atoms with Crippen LogP contribution < -0.4 is 5.32 Å². The van der Waals surface area contributed by atoms with Crippen LogP contribution in [0.25, 0.3) is 10.8 Å². The van der Waals surface area contributed by atoms with E-state index in [1.165, 1.54) is 23.4 Å². The van der Waals surface area contributed by atoms with E-state index in [2.05, 4.69) is 29.1 Å². The molecule has 1 N–H and O–H groups in total.